The normalized spacial score (nSPS) is 17.6. The highest BCUT2D eigenvalue weighted by atomic mass is 35.5. The summed E-state index contributed by atoms with van der Waals surface area (Å²) >= 11 is 6.32. The first-order valence-electron chi connectivity index (χ1n) is 8.16. The lowest BCUT2D eigenvalue weighted by atomic mass is 9.65. The van der Waals surface area contributed by atoms with Crippen LogP contribution < -0.4 is 9.62 Å². The molecule has 8 heteroatoms. The lowest BCUT2D eigenvalue weighted by Gasteiger charge is -2.36. The molecule has 1 aliphatic carbocycles. The molecule has 1 fully saturated rings. The lowest BCUT2D eigenvalue weighted by molar-refractivity contribution is -0.123. The molecule has 2 aromatic rings. The summed E-state index contributed by atoms with van der Waals surface area (Å²) in [7, 11) is -2.47. The summed E-state index contributed by atoms with van der Waals surface area (Å²) in [6.07, 6.45) is 2.39. The van der Waals surface area contributed by atoms with Crippen molar-refractivity contribution in [2.24, 2.45) is 0 Å². The second-order valence-electron chi connectivity index (χ2n) is 6.67. The smallest absolute Gasteiger partial charge is 0.264 e. The van der Waals surface area contributed by atoms with Crippen molar-refractivity contribution in [3.63, 3.8) is 0 Å². The molecule has 26 heavy (non-hydrogen) atoms. The molecule has 1 heterocycles. The number of rotatable bonds is 3. The quantitative estimate of drug-likeness (QED) is 0.863. The molecule has 4 rings (SSSR count). The molecule has 2 aromatic carbocycles. The van der Waals surface area contributed by atoms with E-state index in [2.05, 4.69) is 5.32 Å². The molecule has 1 amide bonds. The molecule has 0 unspecified atom stereocenters. The van der Waals surface area contributed by atoms with Gasteiger partial charge in [0, 0.05) is 7.05 Å². The molecule has 1 N–H and O–H groups in total. The van der Waals surface area contributed by atoms with E-state index >= 15 is 0 Å². The summed E-state index contributed by atoms with van der Waals surface area (Å²) in [5.74, 6) is -0.592. The molecule has 136 valence electrons. The highest BCUT2D eigenvalue weighted by Gasteiger charge is 2.52. The van der Waals surface area contributed by atoms with Crippen LogP contribution in [0.25, 0.3) is 0 Å². The number of hydrogen-bond donors (Lipinski definition) is 1. The van der Waals surface area contributed by atoms with Crippen molar-refractivity contribution in [3.8, 4) is 0 Å². The fourth-order valence-corrected chi connectivity index (χ4v) is 5.00. The fraction of sp³-hybridized carbons (Fsp3) is 0.278. The van der Waals surface area contributed by atoms with E-state index in [0.29, 0.717) is 16.4 Å². The SMILES string of the molecule is CN(c1cc(Cl)c2c(c1)C1(CCC1)C(=O)N2)S(=O)(=O)c1ccc(F)cc1. The maximum Gasteiger partial charge on any atom is 0.264 e. The number of benzene rings is 2. The average molecular weight is 395 g/mol. The monoisotopic (exact) mass is 394 g/mol. The molecular formula is C18H16ClFN2O3S. The number of nitrogens with one attached hydrogen (secondary N) is 1. The summed E-state index contributed by atoms with van der Waals surface area (Å²) in [5.41, 5.74) is 1.07. The Kier molecular flexibility index (Phi) is 3.79. The molecule has 0 radical (unpaired) electrons. The van der Waals surface area contributed by atoms with E-state index in [1.54, 1.807) is 6.07 Å². The maximum atomic E-state index is 13.1. The number of sulfonamides is 1. The van der Waals surface area contributed by atoms with E-state index < -0.39 is 21.3 Å². The summed E-state index contributed by atoms with van der Waals surface area (Å²) in [5, 5.41) is 3.12. The third-order valence-corrected chi connectivity index (χ3v) is 7.40. The fourth-order valence-electron chi connectivity index (χ4n) is 3.56. The van der Waals surface area contributed by atoms with Gasteiger partial charge >= 0.3 is 0 Å². The number of carbonyl (C=O) groups is 1. The van der Waals surface area contributed by atoms with E-state index in [4.69, 9.17) is 11.6 Å². The van der Waals surface area contributed by atoms with Crippen LogP contribution in [-0.4, -0.2) is 21.4 Å². The molecule has 0 atom stereocenters. The average Bonchev–Trinajstić information content (AvgIpc) is 2.87. The van der Waals surface area contributed by atoms with Crippen molar-refractivity contribution in [1.29, 1.82) is 0 Å². The topological polar surface area (TPSA) is 66.5 Å². The highest BCUT2D eigenvalue weighted by Crippen LogP contribution is 2.54. The Balaban J connectivity index is 1.78. The van der Waals surface area contributed by atoms with E-state index in [1.807, 2.05) is 0 Å². The summed E-state index contributed by atoms with van der Waals surface area (Å²) in [6.45, 7) is 0. The van der Waals surface area contributed by atoms with E-state index in [1.165, 1.54) is 25.2 Å². The zero-order chi connectivity index (χ0) is 18.7. The van der Waals surface area contributed by atoms with Crippen LogP contribution in [0.15, 0.2) is 41.3 Å². The van der Waals surface area contributed by atoms with Crippen LogP contribution in [0.1, 0.15) is 24.8 Å². The molecule has 1 aliphatic heterocycles. The van der Waals surface area contributed by atoms with Gasteiger partial charge in [0.2, 0.25) is 5.91 Å². The first kappa shape index (κ1) is 17.3. The van der Waals surface area contributed by atoms with Gasteiger partial charge in [-0.05, 0) is 54.8 Å². The van der Waals surface area contributed by atoms with Gasteiger partial charge in [-0.15, -0.1) is 0 Å². The number of fused-ring (bicyclic) bond motifs is 2. The van der Waals surface area contributed by atoms with Crippen LogP contribution >= 0.6 is 11.6 Å². The maximum absolute atomic E-state index is 13.1. The van der Waals surface area contributed by atoms with Crippen molar-refractivity contribution in [3.05, 3.63) is 52.8 Å². The van der Waals surface area contributed by atoms with Gasteiger partial charge in [0.1, 0.15) is 5.82 Å². The van der Waals surface area contributed by atoms with Crippen LogP contribution in [0.4, 0.5) is 15.8 Å². The van der Waals surface area contributed by atoms with Gasteiger partial charge in [-0.1, -0.05) is 18.0 Å². The van der Waals surface area contributed by atoms with Crippen LogP contribution in [0.5, 0.6) is 0 Å². The highest BCUT2D eigenvalue weighted by molar-refractivity contribution is 7.92. The molecule has 2 aliphatic rings. The number of anilines is 2. The van der Waals surface area contributed by atoms with Crippen molar-refractivity contribution in [1.82, 2.24) is 0 Å². The molecule has 1 saturated carbocycles. The number of nitrogens with zero attached hydrogens (tertiary/aromatic N) is 1. The second-order valence-corrected chi connectivity index (χ2v) is 9.04. The minimum absolute atomic E-state index is 0.0226. The minimum Gasteiger partial charge on any atom is -0.324 e. The van der Waals surface area contributed by atoms with E-state index in [-0.39, 0.29) is 10.8 Å². The van der Waals surface area contributed by atoms with E-state index in [0.717, 1.165) is 41.3 Å². The Morgan fingerprint density at radius 2 is 1.85 bits per heavy atom. The zero-order valence-corrected chi connectivity index (χ0v) is 15.5. The van der Waals surface area contributed by atoms with Gasteiger partial charge in [-0.3, -0.25) is 9.10 Å². The first-order valence-corrected chi connectivity index (χ1v) is 9.97. The molecule has 0 aromatic heterocycles. The van der Waals surface area contributed by atoms with Gasteiger partial charge < -0.3 is 5.32 Å². The molecule has 1 spiro atoms. The van der Waals surface area contributed by atoms with Crippen molar-refractivity contribution in [2.45, 2.75) is 29.6 Å². The number of halogens is 2. The van der Waals surface area contributed by atoms with Crippen LogP contribution in [0.3, 0.4) is 0 Å². The van der Waals surface area contributed by atoms with Gasteiger partial charge in [0.25, 0.3) is 10.0 Å². The largest absolute Gasteiger partial charge is 0.324 e. The number of amides is 1. The Hall–Kier alpha value is -2.12. The standard InChI is InChI=1S/C18H16ClFN2O3S/c1-22(26(24,25)13-5-3-11(20)4-6-13)12-9-14-16(15(19)10-12)21-17(23)18(14)7-2-8-18/h3-6,9-10H,2,7-8H2,1H3,(H,21,23). The lowest BCUT2D eigenvalue weighted by Crippen LogP contribution is -2.40. The second kappa shape index (κ2) is 5.69. The molecular weight excluding hydrogens is 379 g/mol. The Labute approximate surface area is 155 Å². The molecule has 0 saturated heterocycles. The summed E-state index contributed by atoms with van der Waals surface area (Å²) < 4.78 is 39.9. The Morgan fingerprint density at radius 3 is 2.42 bits per heavy atom. The summed E-state index contributed by atoms with van der Waals surface area (Å²) in [6, 6.07) is 7.85. The third-order valence-electron chi connectivity index (χ3n) is 5.31. The van der Waals surface area contributed by atoms with Gasteiger partial charge in [-0.25, -0.2) is 12.8 Å². The third kappa shape index (κ3) is 2.34. The van der Waals surface area contributed by atoms with Crippen LogP contribution in [0.2, 0.25) is 5.02 Å². The van der Waals surface area contributed by atoms with Gasteiger partial charge in [0.05, 0.1) is 26.7 Å². The molecule has 0 bridgehead atoms. The van der Waals surface area contributed by atoms with Crippen molar-refractivity contribution in [2.75, 3.05) is 16.7 Å². The summed E-state index contributed by atoms with van der Waals surface area (Å²) in [4.78, 5) is 12.4. The van der Waals surface area contributed by atoms with Crippen LogP contribution in [-0.2, 0) is 20.2 Å². The predicted octanol–water partition coefficient (Wildman–Crippen LogP) is 3.68. The zero-order valence-electron chi connectivity index (χ0n) is 13.9. The number of hydrogen-bond acceptors (Lipinski definition) is 3. The minimum atomic E-state index is -3.88. The predicted molar refractivity (Wildman–Crippen MR) is 97.6 cm³/mol. The van der Waals surface area contributed by atoms with Crippen molar-refractivity contribution >= 4 is 38.9 Å². The van der Waals surface area contributed by atoms with Crippen LogP contribution in [0, 0.1) is 5.82 Å². The first-order chi connectivity index (χ1) is 12.3. The Morgan fingerprint density at radius 1 is 1.19 bits per heavy atom. The molecule has 5 nitrogen and oxygen atoms in total. The number of carbonyl (C=O) groups excluding carboxylic acids is 1. The van der Waals surface area contributed by atoms with E-state index in [9.17, 15) is 17.6 Å². The Bertz CT molecular complexity index is 1020. The van der Waals surface area contributed by atoms with Crippen molar-refractivity contribution < 1.29 is 17.6 Å². The van der Waals surface area contributed by atoms with Gasteiger partial charge in [0.15, 0.2) is 0 Å². The van der Waals surface area contributed by atoms with Gasteiger partial charge in [-0.2, -0.15) is 0 Å².